The summed E-state index contributed by atoms with van der Waals surface area (Å²) in [5.41, 5.74) is 1.58. The third kappa shape index (κ3) is 4.49. The number of amides is 3. The fourth-order valence-electron chi connectivity index (χ4n) is 4.13. The molecule has 1 atom stereocenters. The van der Waals surface area contributed by atoms with Crippen molar-refractivity contribution >= 4 is 40.7 Å². The van der Waals surface area contributed by atoms with Crippen molar-refractivity contribution in [2.45, 2.75) is 38.1 Å². The molecule has 2 aromatic rings. The monoisotopic (exact) mass is 425 g/mol. The first-order chi connectivity index (χ1) is 14.5. The van der Waals surface area contributed by atoms with Gasteiger partial charge in [0, 0.05) is 29.7 Å². The van der Waals surface area contributed by atoms with E-state index >= 15 is 0 Å². The van der Waals surface area contributed by atoms with Crippen molar-refractivity contribution in [3.05, 3.63) is 59.1 Å². The van der Waals surface area contributed by atoms with Crippen molar-refractivity contribution in [1.82, 2.24) is 5.32 Å². The molecule has 3 amide bonds. The van der Waals surface area contributed by atoms with Gasteiger partial charge in [0.05, 0.1) is 17.2 Å². The minimum absolute atomic E-state index is 0.120. The lowest BCUT2D eigenvalue weighted by molar-refractivity contribution is -0.122. The van der Waals surface area contributed by atoms with Crippen LogP contribution in [-0.4, -0.2) is 30.3 Å². The van der Waals surface area contributed by atoms with Crippen LogP contribution in [0.4, 0.5) is 11.4 Å². The van der Waals surface area contributed by atoms with Gasteiger partial charge in [0.2, 0.25) is 11.8 Å². The lowest BCUT2D eigenvalue weighted by Gasteiger charge is -2.18. The van der Waals surface area contributed by atoms with Crippen LogP contribution in [0.3, 0.4) is 0 Å². The van der Waals surface area contributed by atoms with Gasteiger partial charge in [-0.25, -0.2) is 0 Å². The summed E-state index contributed by atoms with van der Waals surface area (Å²) < 4.78 is 0. The second-order valence-electron chi connectivity index (χ2n) is 7.87. The van der Waals surface area contributed by atoms with Gasteiger partial charge in [0.15, 0.2) is 0 Å². The summed E-state index contributed by atoms with van der Waals surface area (Å²) in [5, 5.41) is 6.45. The molecule has 156 valence electrons. The molecule has 1 saturated carbocycles. The predicted octanol–water partition coefficient (Wildman–Crippen LogP) is 4.00. The maximum atomic E-state index is 12.9. The van der Waals surface area contributed by atoms with Crippen LogP contribution in [0, 0.1) is 5.92 Å². The van der Waals surface area contributed by atoms with Gasteiger partial charge >= 0.3 is 0 Å². The van der Waals surface area contributed by atoms with Crippen LogP contribution in [0.5, 0.6) is 0 Å². The zero-order chi connectivity index (χ0) is 21.1. The number of carbonyl (C=O) groups excluding carboxylic acids is 3. The van der Waals surface area contributed by atoms with E-state index in [0.717, 1.165) is 25.7 Å². The number of rotatable bonds is 5. The molecule has 2 fully saturated rings. The largest absolute Gasteiger partial charge is 0.349 e. The van der Waals surface area contributed by atoms with Gasteiger partial charge in [-0.1, -0.05) is 42.6 Å². The molecule has 1 aliphatic heterocycles. The second-order valence-corrected chi connectivity index (χ2v) is 8.31. The van der Waals surface area contributed by atoms with Gasteiger partial charge in [0.1, 0.15) is 0 Å². The van der Waals surface area contributed by atoms with E-state index in [4.69, 9.17) is 11.6 Å². The fourth-order valence-corrected chi connectivity index (χ4v) is 4.32. The van der Waals surface area contributed by atoms with Gasteiger partial charge in [-0.15, -0.1) is 0 Å². The van der Waals surface area contributed by atoms with Crippen LogP contribution in [0.1, 0.15) is 42.5 Å². The minimum Gasteiger partial charge on any atom is -0.349 e. The topological polar surface area (TPSA) is 78.5 Å². The van der Waals surface area contributed by atoms with Crippen LogP contribution in [0.2, 0.25) is 5.02 Å². The van der Waals surface area contributed by atoms with Crippen molar-refractivity contribution in [3.63, 3.8) is 0 Å². The van der Waals surface area contributed by atoms with Crippen molar-refractivity contribution < 1.29 is 14.4 Å². The molecule has 0 bridgehead atoms. The Balaban J connectivity index is 1.44. The van der Waals surface area contributed by atoms with Gasteiger partial charge in [-0.05, 0) is 43.2 Å². The summed E-state index contributed by atoms with van der Waals surface area (Å²) in [6, 6.07) is 14.2. The highest BCUT2D eigenvalue weighted by molar-refractivity contribution is 6.31. The highest BCUT2D eigenvalue weighted by Crippen LogP contribution is 2.28. The van der Waals surface area contributed by atoms with Crippen molar-refractivity contribution in [3.8, 4) is 0 Å². The number of carbonyl (C=O) groups is 3. The van der Waals surface area contributed by atoms with E-state index in [1.54, 1.807) is 53.4 Å². The maximum absolute atomic E-state index is 12.9. The number of benzene rings is 2. The molecule has 2 aliphatic rings. The molecular weight excluding hydrogens is 402 g/mol. The molecule has 0 aromatic heterocycles. The minimum atomic E-state index is -0.498. The summed E-state index contributed by atoms with van der Waals surface area (Å²) in [7, 11) is 0. The third-order valence-corrected chi connectivity index (χ3v) is 5.97. The zero-order valence-corrected chi connectivity index (χ0v) is 17.3. The Morgan fingerprint density at radius 3 is 2.57 bits per heavy atom. The average Bonchev–Trinajstić information content (AvgIpc) is 3.38. The van der Waals surface area contributed by atoms with E-state index in [9.17, 15) is 14.4 Å². The number of para-hydroxylation sites is 1. The van der Waals surface area contributed by atoms with E-state index in [2.05, 4.69) is 10.6 Å². The molecule has 0 radical (unpaired) electrons. The van der Waals surface area contributed by atoms with Crippen LogP contribution in [0.15, 0.2) is 48.5 Å². The van der Waals surface area contributed by atoms with Crippen LogP contribution >= 0.6 is 11.6 Å². The Kier molecular flexibility index (Phi) is 6.04. The van der Waals surface area contributed by atoms with Crippen LogP contribution < -0.4 is 15.5 Å². The van der Waals surface area contributed by atoms with Gasteiger partial charge in [-0.2, -0.15) is 0 Å². The summed E-state index contributed by atoms with van der Waals surface area (Å²) >= 11 is 6.03. The summed E-state index contributed by atoms with van der Waals surface area (Å²) in [6.07, 6.45) is 4.35. The van der Waals surface area contributed by atoms with Gasteiger partial charge < -0.3 is 15.5 Å². The maximum Gasteiger partial charge on any atom is 0.253 e. The molecule has 1 heterocycles. The molecule has 2 N–H and O–H groups in total. The number of nitrogens with one attached hydrogen (secondary N) is 2. The lowest BCUT2D eigenvalue weighted by Crippen LogP contribution is -2.34. The molecule has 30 heavy (non-hydrogen) atoms. The Morgan fingerprint density at radius 2 is 1.80 bits per heavy atom. The van der Waals surface area contributed by atoms with Gasteiger partial charge in [-0.3, -0.25) is 14.4 Å². The molecule has 2 aromatic carbocycles. The number of hydrogen-bond donors (Lipinski definition) is 2. The van der Waals surface area contributed by atoms with Crippen molar-refractivity contribution in [1.29, 1.82) is 0 Å². The summed E-state index contributed by atoms with van der Waals surface area (Å²) in [4.78, 5) is 39.6. The molecule has 7 heteroatoms. The van der Waals surface area contributed by atoms with Crippen LogP contribution in [-0.2, 0) is 9.59 Å². The van der Waals surface area contributed by atoms with Gasteiger partial charge in [0.25, 0.3) is 5.91 Å². The second kappa shape index (κ2) is 8.88. The highest BCUT2D eigenvalue weighted by atomic mass is 35.5. The van der Waals surface area contributed by atoms with E-state index in [-0.39, 0.29) is 36.7 Å². The van der Waals surface area contributed by atoms with Crippen molar-refractivity contribution in [2.24, 2.45) is 5.92 Å². The first-order valence-corrected chi connectivity index (χ1v) is 10.7. The number of halogens is 1. The molecule has 1 saturated heterocycles. The van der Waals surface area contributed by atoms with E-state index in [1.165, 1.54) is 0 Å². The molecule has 4 rings (SSSR count). The molecule has 1 aliphatic carbocycles. The standard InChI is InChI=1S/C23H24ClN3O3/c24-16-6-5-9-18(13-16)27-14-15(12-21(27)28)22(29)26-20-11-4-3-10-19(20)23(30)25-17-7-1-2-8-17/h3-6,9-11,13,15,17H,1-2,7-8,12,14H2,(H,25,30)(H,26,29)/t15-/m1/s1. The Hall–Kier alpha value is -2.86. The first-order valence-electron chi connectivity index (χ1n) is 10.3. The average molecular weight is 426 g/mol. The SMILES string of the molecule is O=C(NC1CCCC1)c1ccccc1NC(=O)[C@@H]1CC(=O)N(c2cccc(Cl)c2)C1. The van der Waals surface area contributed by atoms with E-state index in [1.807, 2.05) is 0 Å². The normalized spacial score (nSPS) is 19.2. The Labute approximate surface area is 180 Å². The number of hydrogen-bond acceptors (Lipinski definition) is 3. The smallest absolute Gasteiger partial charge is 0.253 e. The molecule has 6 nitrogen and oxygen atoms in total. The molecule has 0 unspecified atom stereocenters. The molecular formula is C23H24ClN3O3. The predicted molar refractivity (Wildman–Crippen MR) is 117 cm³/mol. The zero-order valence-electron chi connectivity index (χ0n) is 16.6. The van der Waals surface area contributed by atoms with E-state index in [0.29, 0.717) is 22.0 Å². The first kappa shape index (κ1) is 20.4. The summed E-state index contributed by atoms with van der Waals surface area (Å²) in [5.74, 6) is -1.07. The van der Waals surface area contributed by atoms with E-state index < -0.39 is 5.92 Å². The Morgan fingerprint density at radius 1 is 1.03 bits per heavy atom. The fraction of sp³-hybridized carbons (Fsp3) is 0.348. The third-order valence-electron chi connectivity index (χ3n) is 5.74. The lowest BCUT2D eigenvalue weighted by atomic mass is 10.1. The highest BCUT2D eigenvalue weighted by Gasteiger charge is 2.35. The Bertz CT molecular complexity index is 972. The summed E-state index contributed by atoms with van der Waals surface area (Å²) in [6.45, 7) is 0.279. The van der Waals surface area contributed by atoms with Crippen molar-refractivity contribution in [2.75, 3.05) is 16.8 Å². The van der Waals surface area contributed by atoms with Crippen LogP contribution in [0.25, 0.3) is 0 Å². The quantitative estimate of drug-likeness (QED) is 0.759. The number of nitrogens with zero attached hydrogens (tertiary/aromatic N) is 1. The number of anilines is 2. The molecule has 0 spiro atoms.